The van der Waals surface area contributed by atoms with Crippen LogP contribution in [0.4, 0.5) is 0 Å². The third kappa shape index (κ3) is 7.80. The lowest BCUT2D eigenvalue weighted by Gasteiger charge is -2.28. The fourth-order valence-electron chi connectivity index (χ4n) is 1.81. The van der Waals surface area contributed by atoms with E-state index in [1.807, 2.05) is 0 Å². The maximum Gasteiger partial charge on any atom is 0.00785 e. The zero-order valence-corrected chi connectivity index (χ0v) is 11.5. The van der Waals surface area contributed by atoms with E-state index in [1.165, 1.54) is 19.4 Å². The Kier molecular flexibility index (Phi) is 8.07. The van der Waals surface area contributed by atoms with Crippen LogP contribution in [-0.2, 0) is 0 Å². The quantitative estimate of drug-likeness (QED) is 0.668. The minimum atomic E-state index is 0.631. The average Bonchev–Trinajstić information content (AvgIpc) is 2.14. The molecule has 0 fully saturated rings. The molecule has 0 aromatic rings. The summed E-state index contributed by atoms with van der Waals surface area (Å²) in [7, 11) is 2.24. The maximum atomic E-state index is 3.47. The smallest absolute Gasteiger partial charge is 0.00785 e. The predicted molar refractivity (Wildman–Crippen MR) is 69.3 cm³/mol. The van der Waals surface area contributed by atoms with Gasteiger partial charge in [0.15, 0.2) is 0 Å². The monoisotopic (exact) mass is 214 g/mol. The van der Waals surface area contributed by atoms with Gasteiger partial charge in [-0.25, -0.2) is 0 Å². The van der Waals surface area contributed by atoms with Crippen LogP contribution in [0.15, 0.2) is 0 Å². The zero-order chi connectivity index (χ0) is 11.8. The molecule has 0 bridgehead atoms. The summed E-state index contributed by atoms with van der Waals surface area (Å²) in [5.74, 6) is 0.811. The fourth-order valence-corrected chi connectivity index (χ4v) is 1.81. The molecule has 0 aliphatic rings. The van der Waals surface area contributed by atoms with E-state index in [0.717, 1.165) is 12.5 Å². The van der Waals surface area contributed by atoms with Crippen molar-refractivity contribution in [3.8, 4) is 0 Å². The van der Waals surface area contributed by atoms with Gasteiger partial charge in [-0.2, -0.15) is 0 Å². The molecule has 0 heterocycles. The van der Waals surface area contributed by atoms with E-state index in [9.17, 15) is 0 Å². The van der Waals surface area contributed by atoms with Gasteiger partial charge in [0, 0.05) is 12.1 Å². The molecule has 0 rings (SSSR count). The highest BCUT2D eigenvalue weighted by Gasteiger charge is 2.12. The van der Waals surface area contributed by atoms with Gasteiger partial charge in [0.2, 0.25) is 0 Å². The van der Waals surface area contributed by atoms with Gasteiger partial charge < -0.3 is 10.2 Å². The van der Waals surface area contributed by atoms with Crippen LogP contribution < -0.4 is 5.32 Å². The molecule has 0 saturated heterocycles. The highest BCUT2D eigenvalue weighted by atomic mass is 15.1. The zero-order valence-electron chi connectivity index (χ0n) is 11.5. The summed E-state index contributed by atoms with van der Waals surface area (Å²) in [5.41, 5.74) is 0. The summed E-state index contributed by atoms with van der Waals surface area (Å²) in [6, 6.07) is 1.31. The first-order valence-electron chi connectivity index (χ1n) is 6.41. The van der Waals surface area contributed by atoms with Crippen LogP contribution in [0.5, 0.6) is 0 Å². The average molecular weight is 214 g/mol. The molecular weight excluding hydrogens is 184 g/mol. The van der Waals surface area contributed by atoms with Gasteiger partial charge in [0.1, 0.15) is 0 Å². The molecule has 2 heteroatoms. The van der Waals surface area contributed by atoms with E-state index in [0.29, 0.717) is 12.1 Å². The SMILES string of the molecule is CCNC(C)CC(C)N(C)CCC(C)C. The lowest BCUT2D eigenvalue weighted by molar-refractivity contribution is 0.220. The second-order valence-electron chi connectivity index (χ2n) is 5.21. The molecule has 1 N–H and O–H groups in total. The van der Waals surface area contributed by atoms with Crippen LogP contribution in [0.2, 0.25) is 0 Å². The summed E-state index contributed by atoms with van der Waals surface area (Å²) < 4.78 is 0. The molecule has 0 aromatic heterocycles. The number of hydrogen-bond donors (Lipinski definition) is 1. The molecule has 0 amide bonds. The minimum Gasteiger partial charge on any atom is -0.314 e. The Morgan fingerprint density at radius 3 is 2.20 bits per heavy atom. The first-order chi connectivity index (χ1) is 6.97. The second-order valence-corrected chi connectivity index (χ2v) is 5.21. The van der Waals surface area contributed by atoms with Crippen molar-refractivity contribution in [3.05, 3.63) is 0 Å². The molecule has 2 nitrogen and oxygen atoms in total. The van der Waals surface area contributed by atoms with E-state index in [-0.39, 0.29) is 0 Å². The number of nitrogens with zero attached hydrogens (tertiary/aromatic N) is 1. The topological polar surface area (TPSA) is 15.3 Å². The first-order valence-corrected chi connectivity index (χ1v) is 6.41. The molecule has 15 heavy (non-hydrogen) atoms. The van der Waals surface area contributed by atoms with Crippen molar-refractivity contribution in [2.75, 3.05) is 20.1 Å². The van der Waals surface area contributed by atoms with Crippen LogP contribution in [0.1, 0.15) is 47.5 Å². The van der Waals surface area contributed by atoms with Crippen LogP contribution >= 0.6 is 0 Å². The molecule has 0 saturated carbocycles. The van der Waals surface area contributed by atoms with Crippen molar-refractivity contribution in [2.45, 2.75) is 59.5 Å². The Balaban J connectivity index is 3.72. The van der Waals surface area contributed by atoms with Crippen LogP contribution in [0.25, 0.3) is 0 Å². The molecule has 2 atom stereocenters. The second kappa shape index (κ2) is 8.12. The van der Waals surface area contributed by atoms with Gasteiger partial charge in [-0.3, -0.25) is 0 Å². The third-order valence-electron chi connectivity index (χ3n) is 3.06. The molecular formula is C13H30N2. The Bertz CT molecular complexity index is 145. The highest BCUT2D eigenvalue weighted by molar-refractivity contribution is 4.70. The first kappa shape index (κ1) is 14.9. The van der Waals surface area contributed by atoms with E-state index >= 15 is 0 Å². The lowest BCUT2D eigenvalue weighted by Crippen LogP contribution is -2.37. The van der Waals surface area contributed by atoms with Crippen molar-refractivity contribution in [1.29, 1.82) is 0 Å². The van der Waals surface area contributed by atoms with Gasteiger partial charge >= 0.3 is 0 Å². The van der Waals surface area contributed by atoms with E-state index in [2.05, 4.69) is 51.9 Å². The summed E-state index contributed by atoms with van der Waals surface area (Å²) in [6.45, 7) is 13.6. The van der Waals surface area contributed by atoms with Crippen molar-refractivity contribution < 1.29 is 0 Å². The van der Waals surface area contributed by atoms with Crippen molar-refractivity contribution in [1.82, 2.24) is 10.2 Å². The molecule has 0 aromatic carbocycles. The largest absolute Gasteiger partial charge is 0.314 e. The van der Waals surface area contributed by atoms with Crippen molar-refractivity contribution in [3.63, 3.8) is 0 Å². The predicted octanol–water partition coefficient (Wildman–Crippen LogP) is 2.74. The third-order valence-corrected chi connectivity index (χ3v) is 3.06. The van der Waals surface area contributed by atoms with E-state index in [4.69, 9.17) is 0 Å². The summed E-state index contributed by atoms with van der Waals surface area (Å²) in [4.78, 5) is 2.48. The summed E-state index contributed by atoms with van der Waals surface area (Å²) in [6.07, 6.45) is 2.54. The molecule has 0 aliphatic heterocycles. The maximum absolute atomic E-state index is 3.47. The summed E-state index contributed by atoms with van der Waals surface area (Å²) >= 11 is 0. The molecule has 0 spiro atoms. The van der Waals surface area contributed by atoms with Gasteiger partial charge in [-0.15, -0.1) is 0 Å². The standard InChI is InChI=1S/C13H30N2/c1-7-14-12(4)10-13(5)15(6)9-8-11(2)3/h11-14H,7-10H2,1-6H3. The van der Waals surface area contributed by atoms with Crippen molar-refractivity contribution >= 4 is 0 Å². The van der Waals surface area contributed by atoms with Crippen LogP contribution in [-0.4, -0.2) is 37.1 Å². The van der Waals surface area contributed by atoms with Gasteiger partial charge in [0.05, 0.1) is 0 Å². The number of nitrogens with one attached hydrogen (secondary N) is 1. The highest BCUT2D eigenvalue weighted by Crippen LogP contribution is 2.08. The number of rotatable bonds is 8. The van der Waals surface area contributed by atoms with Crippen LogP contribution in [0.3, 0.4) is 0 Å². The van der Waals surface area contributed by atoms with E-state index < -0.39 is 0 Å². The molecule has 2 unspecified atom stereocenters. The Morgan fingerprint density at radius 1 is 1.13 bits per heavy atom. The summed E-state index contributed by atoms with van der Waals surface area (Å²) in [5, 5.41) is 3.47. The molecule has 0 aliphatic carbocycles. The van der Waals surface area contributed by atoms with Gasteiger partial charge in [-0.05, 0) is 52.7 Å². The molecule has 92 valence electrons. The van der Waals surface area contributed by atoms with Crippen molar-refractivity contribution in [2.24, 2.45) is 5.92 Å². The number of hydrogen-bond acceptors (Lipinski definition) is 2. The van der Waals surface area contributed by atoms with Gasteiger partial charge in [0.25, 0.3) is 0 Å². The minimum absolute atomic E-state index is 0.631. The Hall–Kier alpha value is -0.0800. The Labute approximate surface area is 96.4 Å². The fraction of sp³-hybridized carbons (Fsp3) is 1.00. The Morgan fingerprint density at radius 2 is 1.73 bits per heavy atom. The normalized spacial score (nSPS) is 16.0. The van der Waals surface area contributed by atoms with Gasteiger partial charge in [-0.1, -0.05) is 20.8 Å². The van der Waals surface area contributed by atoms with E-state index in [1.54, 1.807) is 0 Å². The van der Waals surface area contributed by atoms with Crippen LogP contribution in [0, 0.1) is 5.92 Å². The molecule has 0 radical (unpaired) electrons. The lowest BCUT2D eigenvalue weighted by atomic mass is 10.1.